The Labute approximate surface area is 110 Å². The standard InChI is InChI=1S/C16H13NO2/c1-11(18)10-12-6-8-13(9-7-12)16-17-14-4-2-3-5-15(14)19-16/h2-9H,10H2,1H3. The summed E-state index contributed by atoms with van der Waals surface area (Å²) in [6.45, 7) is 1.59. The van der Waals surface area contributed by atoms with Crippen LogP contribution in [0.4, 0.5) is 0 Å². The molecule has 1 heterocycles. The number of oxazole rings is 1. The average molecular weight is 251 g/mol. The maximum absolute atomic E-state index is 11.1. The van der Waals surface area contributed by atoms with E-state index in [1.165, 1.54) is 0 Å². The number of hydrogen-bond donors (Lipinski definition) is 0. The van der Waals surface area contributed by atoms with E-state index in [1.807, 2.05) is 48.5 Å². The largest absolute Gasteiger partial charge is 0.436 e. The summed E-state index contributed by atoms with van der Waals surface area (Å²) in [5.74, 6) is 0.769. The van der Waals surface area contributed by atoms with Crippen LogP contribution in [0.5, 0.6) is 0 Å². The molecule has 2 aromatic carbocycles. The van der Waals surface area contributed by atoms with Gasteiger partial charge in [-0.15, -0.1) is 0 Å². The van der Waals surface area contributed by atoms with Crippen molar-refractivity contribution in [1.82, 2.24) is 4.98 Å². The molecule has 0 N–H and O–H groups in total. The Morgan fingerprint density at radius 3 is 2.53 bits per heavy atom. The fraction of sp³-hybridized carbons (Fsp3) is 0.125. The van der Waals surface area contributed by atoms with E-state index in [4.69, 9.17) is 4.42 Å². The second kappa shape index (κ2) is 4.69. The lowest BCUT2D eigenvalue weighted by atomic mass is 10.1. The van der Waals surface area contributed by atoms with Crippen LogP contribution in [-0.4, -0.2) is 10.8 Å². The van der Waals surface area contributed by atoms with E-state index in [-0.39, 0.29) is 5.78 Å². The molecule has 0 aliphatic carbocycles. The van der Waals surface area contributed by atoms with Crippen molar-refractivity contribution in [2.75, 3.05) is 0 Å². The van der Waals surface area contributed by atoms with Gasteiger partial charge >= 0.3 is 0 Å². The third-order valence-corrected chi connectivity index (χ3v) is 2.95. The highest BCUT2D eigenvalue weighted by Gasteiger charge is 2.07. The Morgan fingerprint density at radius 2 is 1.84 bits per heavy atom. The third-order valence-electron chi connectivity index (χ3n) is 2.95. The molecule has 94 valence electrons. The fourth-order valence-corrected chi connectivity index (χ4v) is 2.05. The predicted molar refractivity (Wildman–Crippen MR) is 73.8 cm³/mol. The first-order chi connectivity index (χ1) is 9.22. The molecular weight excluding hydrogens is 238 g/mol. The van der Waals surface area contributed by atoms with Crippen molar-refractivity contribution in [3.8, 4) is 11.5 Å². The topological polar surface area (TPSA) is 43.1 Å². The van der Waals surface area contributed by atoms with Crippen LogP contribution in [0.3, 0.4) is 0 Å². The van der Waals surface area contributed by atoms with Gasteiger partial charge in [0.05, 0.1) is 0 Å². The molecule has 19 heavy (non-hydrogen) atoms. The van der Waals surface area contributed by atoms with Crippen molar-refractivity contribution in [1.29, 1.82) is 0 Å². The zero-order chi connectivity index (χ0) is 13.2. The molecule has 3 rings (SSSR count). The van der Waals surface area contributed by atoms with Gasteiger partial charge in [0.1, 0.15) is 11.3 Å². The van der Waals surface area contributed by atoms with Crippen LogP contribution in [-0.2, 0) is 11.2 Å². The minimum Gasteiger partial charge on any atom is -0.436 e. The molecule has 3 aromatic rings. The van der Waals surface area contributed by atoms with Crippen molar-refractivity contribution >= 4 is 16.9 Å². The summed E-state index contributed by atoms with van der Waals surface area (Å²) < 4.78 is 5.70. The molecule has 0 radical (unpaired) electrons. The molecule has 0 bridgehead atoms. The Balaban J connectivity index is 1.95. The van der Waals surface area contributed by atoms with E-state index in [9.17, 15) is 4.79 Å². The number of ketones is 1. The summed E-state index contributed by atoms with van der Waals surface area (Å²) in [6, 6.07) is 15.4. The minimum absolute atomic E-state index is 0.162. The van der Waals surface area contributed by atoms with Gasteiger partial charge in [0, 0.05) is 12.0 Å². The van der Waals surface area contributed by atoms with Gasteiger partial charge in [-0.1, -0.05) is 24.3 Å². The molecule has 1 aromatic heterocycles. The number of fused-ring (bicyclic) bond motifs is 1. The van der Waals surface area contributed by atoms with E-state index in [1.54, 1.807) is 6.92 Å². The summed E-state index contributed by atoms with van der Waals surface area (Å²) in [4.78, 5) is 15.5. The Bertz CT molecular complexity index is 693. The highest BCUT2D eigenvalue weighted by Crippen LogP contribution is 2.24. The number of Topliss-reactive ketones (excluding diaryl/α,β-unsaturated/α-hetero) is 1. The molecule has 0 spiro atoms. The van der Waals surface area contributed by atoms with E-state index in [2.05, 4.69) is 4.98 Å². The summed E-state index contributed by atoms with van der Waals surface area (Å²) in [6.07, 6.45) is 0.466. The summed E-state index contributed by atoms with van der Waals surface area (Å²) in [7, 11) is 0. The van der Waals surface area contributed by atoms with Crippen molar-refractivity contribution in [3.63, 3.8) is 0 Å². The molecule has 3 nitrogen and oxygen atoms in total. The van der Waals surface area contributed by atoms with E-state index >= 15 is 0 Å². The van der Waals surface area contributed by atoms with Crippen LogP contribution < -0.4 is 0 Å². The van der Waals surface area contributed by atoms with Gasteiger partial charge in [-0.3, -0.25) is 4.79 Å². The smallest absolute Gasteiger partial charge is 0.227 e. The maximum atomic E-state index is 11.1. The Morgan fingerprint density at radius 1 is 1.11 bits per heavy atom. The number of aromatic nitrogens is 1. The van der Waals surface area contributed by atoms with Crippen LogP contribution in [0.2, 0.25) is 0 Å². The van der Waals surface area contributed by atoms with Crippen molar-refractivity contribution in [3.05, 3.63) is 54.1 Å². The molecule has 0 saturated heterocycles. The van der Waals surface area contributed by atoms with Crippen LogP contribution in [0, 0.1) is 0 Å². The van der Waals surface area contributed by atoms with Gasteiger partial charge in [0.25, 0.3) is 0 Å². The van der Waals surface area contributed by atoms with Crippen molar-refractivity contribution < 1.29 is 9.21 Å². The van der Waals surface area contributed by atoms with Gasteiger partial charge in [-0.05, 0) is 36.8 Å². The first-order valence-corrected chi connectivity index (χ1v) is 6.17. The number of carbonyl (C=O) groups is 1. The Kier molecular flexibility index (Phi) is 2.88. The number of nitrogens with zero attached hydrogens (tertiary/aromatic N) is 1. The molecule has 0 fully saturated rings. The summed E-state index contributed by atoms with van der Waals surface area (Å²) >= 11 is 0. The summed E-state index contributed by atoms with van der Waals surface area (Å²) in [5, 5.41) is 0. The molecular formula is C16H13NO2. The Hall–Kier alpha value is -2.42. The second-order valence-electron chi connectivity index (χ2n) is 4.56. The van der Waals surface area contributed by atoms with Crippen LogP contribution in [0.15, 0.2) is 52.9 Å². The number of hydrogen-bond acceptors (Lipinski definition) is 3. The average Bonchev–Trinajstić information content (AvgIpc) is 2.82. The third kappa shape index (κ3) is 2.40. The highest BCUT2D eigenvalue weighted by molar-refractivity contribution is 5.79. The van der Waals surface area contributed by atoms with Crippen molar-refractivity contribution in [2.45, 2.75) is 13.3 Å². The predicted octanol–water partition coefficient (Wildman–Crippen LogP) is 3.63. The molecule has 0 aliphatic rings. The van der Waals surface area contributed by atoms with Gasteiger partial charge < -0.3 is 4.42 Å². The lowest BCUT2D eigenvalue weighted by molar-refractivity contribution is -0.116. The number of rotatable bonds is 3. The SMILES string of the molecule is CC(=O)Cc1ccc(-c2nc3ccccc3o2)cc1. The van der Waals surface area contributed by atoms with E-state index in [0.717, 1.165) is 22.2 Å². The van der Waals surface area contributed by atoms with Crippen LogP contribution in [0.1, 0.15) is 12.5 Å². The second-order valence-corrected chi connectivity index (χ2v) is 4.56. The molecule has 0 unspecified atom stereocenters. The monoisotopic (exact) mass is 251 g/mol. The fourth-order valence-electron chi connectivity index (χ4n) is 2.05. The molecule has 0 atom stereocenters. The van der Waals surface area contributed by atoms with E-state index in [0.29, 0.717) is 12.3 Å². The molecule has 0 saturated carbocycles. The molecule has 0 aliphatic heterocycles. The number of benzene rings is 2. The van der Waals surface area contributed by atoms with Crippen LogP contribution in [0.25, 0.3) is 22.6 Å². The van der Waals surface area contributed by atoms with Gasteiger partial charge in [0.2, 0.25) is 5.89 Å². The summed E-state index contributed by atoms with van der Waals surface area (Å²) in [5.41, 5.74) is 3.56. The first-order valence-electron chi connectivity index (χ1n) is 6.17. The number of para-hydroxylation sites is 2. The van der Waals surface area contributed by atoms with Gasteiger partial charge in [-0.2, -0.15) is 0 Å². The lowest BCUT2D eigenvalue weighted by Crippen LogP contribution is -1.95. The minimum atomic E-state index is 0.162. The zero-order valence-electron chi connectivity index (χ0n) is 10.6. The molecule has 0 amide bonds. The van der Waals surface area contributed by atoms with E-state index < -0.39 is 0 Å². The maximum Gasteiger partial charge on any atom is 0.227 e. The normalized spacial score (nSPS) is 10.8. The van der Waals surface area contributed by atoms with Gasteiger partial charge in [-0.25, -0.2) is 4.98 Å². The van der Waals surface area contributed by atoms with Gasteiger partial charge in [0.15, 0.2) is 5.58 Å². The van der Waals surface area contributed by atoms with Crippen LogP contribution >= 0.6 is 0 Å². The molecule has 3 heteroatoms. The lowest BCUT2D eigenvalue weighted by Gasteiger charge is -1.99. The number of carbonyl (C=O) groups excluding carboxylic acids is 1. The quantitative estimate of drug-likeness (QED) is 0.714. The highest BCUT2D eigenvalue weighted by atomic mass is 16.3. The zero-order valence-corrected chi connectivity index (χ0v) is 10.6. The van der Waals surface area contributed by atoms with Crippen molar-refractivity contribution in [2.24, 2.45) is 0 Å². The first kappa shape index (κ1) is 11.7.